The SMILES string of the molecule is CNS(=O)(=O)c1ccc(Nc2c(F)cccc2Cl)cc1N. The Morgan fingerprint density at radius 3 is 2.52 bits per heavy atom. The molecule has 0 saturated carbocycles. The Kier molecular flexibility index (Phi) is 4.36. The number of nitrogens with one attached hydrogen (secondary N) is 2. The molecule has 112 valence electrons. The largest absolute Gasteiger partial charge is 0.398 e. The average molecular weight is 330 g/mol. The maximum absolute atomic E-state index is 13.7. The molecule has 0 heterocycles. The van der Waals surface area contributed by atoms with Crippen LogP contribution < -0.4 is 15.8 Å². The molecule has 0 aliphatic rings. The highest BCUT2D eigenvalue weighted by atomic mass is 35.5. The molecule has 0 unspecified atom stereocenters. The lowest BCUT2D eigenvalue weighted by molar-refractivity contribution is 0.588. The van der Waals surface area contributed by atoms with Crippen molar-refractivity contribution in [2.24, 2.45) is 0 Å². The van der Waals surface area contributed by atoms with Gasteiger partial charge in [-0.2, -0.15) is 0 Å². The van der Waals surface area contributed by atoms with Crippen molar-refractivity contribution in [1.82, 2.24) is 4.72 Å². The quantitative estimate of drug-likeness (QED) is 0.753. The van der Waals surface area contributed by atoms with Gasteiger partial charge >= 0.3 is 0 Å². The number of hydrogen-bond acceptors (Lipinski definition) is 4. The molecule has 0 bridgehead atoms. The number of nitrogen functional groups attached to an aromatic ring is 1. The van der Waals surface area contributed by atoms with Crippen LogP contribution in [0.25, 0.3) is 0 Å². The summed E-state index contributed by atoms with van der Waals surface area (Å²) >= 11 is 5.91. The van der Waals surface area contributed by atoms with E-state index in [9.17, 15) is 12.8 Å². The fraction of sp³-hybridized carbons (Fsp3) is 0.0769. The smallest absolute Gasteiger partial charge is 0.242 e. The van der Waals surface area contributed by atoms with Gasteiger partial charge < -0.3 is 11.1 Å². The summed E-state index contributed by atoms with van der Waals surface area (Å²) in [5, 5.41) is 2.98. The van der Waals surface area contributed by atoms with Gasteiger partial charge in [0.1, 0.15) is 10.7 Å². The summed E-state index contributed by atoms with van der Waals surface area (Å²) < 4.78 is 39.3. The van der Waals surface area contributed by atoms with Gasteiger partial charge in [0.15, 0.2) is 0 Å². The minimum absolute atomic E-state index is 0.0433. The van der Waals surface area contributed by atoms with E-state index >= 15 is 0 Å². The lowest BCUT2D eigenvalue weighted by atomic mass is 10.2. The summed E-state index contributed by atoms with van der Waals surface area (Å²) in [5.41, 5.74) is 6.30. The Balaban J connectivity index is 2.38. The number of para-hydroxylation sites is 1. The molecule has 0 spiro atoms. The Bertz CT molecular complexity index is 761. The van der Waals surface area contributed by atoms with Gasteiger partial charge in [0.2, 0.25) is 10.0 Å². The highest BCUT2D eigenvalue weighted by Gasteiger charge is 2.16. The molecule has 2 rings (SSSR count). The number of rotatable bonds is 4. The van der Waals surface area contributed by atoms with Crippen molar-refractivity contribution in [2.45, 2.75) is 4.90 Å². The highest BCUT2D eigenvalue weighted by molar-refractivity contribution is 7.89. The third-order valence-electron chi connectivity index (χ3n) is 2.80. The second kappa shape index (κ2) is 5.88. The Hall–Kier alpha value is -1.83. The van der Waals surface area contributed by atoms with Crippen LogP contribution in [0.1, 0.15) is 0 Å². The van der Waals surface area contributed by atoms with Crippen LogP contribution in [-0.4, -0.2) is 15.5 Å². The van der Waals surface area contributed by atoms with Gasteiger partial charge in [-0.1, -0.05) is 17.7 Å². The molecule has 0 aromatic heterocycles. The van der Waals surface area contributed by atoms with Crippen LogP contribution in [0.15, 0.2) is 41.3 Å². The van der Waals surface area contributed by atoms with Crippen LogP contribution in [0.2, 0.25) is 5.02 Å². The van der Waals surface area contributed by atoms with Gasteiger partial charge in [-0.3, -0.25) is 0 Å². The lowest BCUT2D eigenvalue weighted by Gasteiger charge is -2.12. The van der Waals surface area contributed by atoms with E-state index in [1.165, 1.54) is 43.4 Å². The molecule has 4 N–H and O–H groups in total. The number of benzene rings is 2. The Morgan fingerprint density at radius 1 is 1.24 bits per heavy atom. The number of halogens is 2. The van der Waals surface area contributed by atoms with Crippen molar-refractivity contribution in [3.63, 3.8) is 0 Å². The minimum Gasteiger partial charge on any atom is -0.398 e. The molecule has 0 fully saturated rings. The van der Waals surface area contributed by atoms with Gasteiger partial charge in [-0.25, -0.2) is 17.5 Å². The van der Waals surface area contributed by atoms with E-state index in [2.05, 4.69) is 10.0 Å². The lowest BCUT2D eigenvalue weighted by Crippen LogP contribution is -2.19. The van der Waals surface area contributed by atoms with E-state index in [1.54, 1.807) is 0 Å². The molecular weight excluding hydrogens is 317 g/mol. The Morgan fingerprint density at radius 2 is 1.95 bits per heavy atom. The van der Waals surface area contributed by atoms with E-state index < -0.39 is 15.8 Å². The average Bonchev–Trinajstić information content (AvgIpc) is 2.43. The van der Waals surface area contributed by atoms with Gasteiger partial charge in [-0.15, -0.1) is 0 Å². The molecule has 2 aromatic carbocycles. The van der Waals surface area contributed by atoms with E-state index in [-0.39, 0.29) is 21.3 Å². The van der Waals surface area contributed by atoms with Crippen LogP contribution in [0.5, 0.6) is 0 Å². The fourth-order valence-electron chi connectivity index (χ4n) is 1.74. The standard InChI is InChI=1S/C13H13ClFN3O2S/c1-17-21(19,20)12-6-5-8(7-11(12)16)18-13-9(14)3-2-4-10(13)15/h2-7,17-18H,16H2,1H3. The van der Waals surface area contributed by atoms with Gasteiger partial charge in [0, 0.05) is 5.69 Å². The van der Waals surface area contributed by atoms with Crippen LogP contribution in [-0.2, 0) is 10.0 Å². The number of hydrogen-bond donors (Lipinski definition) is 3. The monoisotopic (exact) mass is 329 g/mol. The summed E-state index contributed by atoms with van der Waals surface area (Å²) in [6.07, 6.45) is 0. The summed E-state index contributed by atoms with van der Waals surface area (Å²) in [4.78, 5) is -0.0461. The maximum Gasteiger partial charge on any atom is 0.242 e. The zero-order chi connectivity index (χ0) is 15.6. The summed E-state index contributed by atoms with van der Waals surface area (Å²) in [5.74, 6) is -0.520. The second-order valence-electron chi connectivity index (χ2n) is 4.18. The molecule has 0 amide bonds. The van der Waals surface area contributed by atoms with E-state index in [0.29, 0.717) is 5.69 Å². The number of nitrogens with two attached hydrogens (primary N) is 1. The third kappa shape index (κ3) is 3.26. The molecule has 8 heteroatoms. The number of anilines is 3. The minimum atomic E-state index is -3.64. The third-order valence-corrected chi connectivity index (χ3v) is 4.60. The van der Waals surface area contributed by atoms with Crippen molar-refractivity contribution in [1.29, 1.82) is 0 Å². The first-order valence-corrected chi connectivity index (χ1v) is 7.75. The summed E-state index contributed by atoms with van der Waals surface area (Å²) in [6.45, 7) is 0. The number of sulfonamides is 1. The van der Waals surface area contributed by atoms with E-state index in [4.69, 9.17) is 17.3 Å². The molecule has 2 aromatic rings. The molecule has 0 saturated heterocycles. The van der Waals surface area contributed by atoms with Crippen LogP contribution in [0.3, 0.4) is 0 Å². The van der Waals surface area contributed by atoms with E-state index in [1.807, 2.05) is 0 Å². The molecule has 21 heavy (non-hydrogen) atoms. The van der Waals surface area contributed by atoms with Gasteiger partial charge in [0.05, 0.1) is 16.4 Å². The molecule has 0 atom stereocenters. The van der Waals surface area contributed by atoms with Crippen LogP contribution >= 0.6 is 11.6 Å². The first-order chi connectivity index (χ1) is 9.85. The predicted molar refractivity (Wildman–Crippen MR) is 81.8 cm³/mol. The summed E-state index contributed by atoms with van der Waals surface area (Å²) in [6, 6.07) is 8.49. The first-order valence-electron chi connectivity index (χ1n) is 5.89. The summed E-state index contributed by atoms with van der Waals surface area (Å²) in [7, 11) is -2.35. The molecule has 0 aliphatic carbocycles. The van der Waals surface area contributed by atoms with Crippen LogP contribution in [0, 0.1) is 5.82 Å². The second-order valence-corrected chi connectivity index (χ2v) is 6.44. The van der Waals surface area contributed by atoms with Crippen molar-refractivity contribution in [3.8, 4) is 0 Å². The zero-order valence-electron chi connectivity index (χ0n) is 11.0. The van der Waals surface area contributed by atoms with Crippen molar-refractivity contribution >= 4 is 38.7 Å². The van der Waals surface area contributed by atoms with Crippen LogP contribution in [0.4, 0.5) is 21.5 Å². The zero-order valence-corrected chi connectivity index (χ0v) is 12.6. The maximum atomic E-state index is 13.7. The molecular formula is C13H13ClFN3O2S. The molecule has 5 nitrogen and oxygen atoms in total. The highest BCUT2D eigenvalue weighted by Crippen LogP contribution is 2.30. The normalized spacial score (nSPS) is 11.4. The predicted octanol–water partition coefficient (Wildman–Crippen LogP) is 2.71. The van der Waals surface area contributed by atoms with Gasteiger partial charge in [0.25, 0.3) is 0 Å². The van der Waals surface area contributed by atoms with Crippen molar-refractivity contribution in [2.75, 3.05) is 18.1 Å². The molecule has 0 radical (unpaired) electrons. The van der Waals surface area contributed by atoms with Gasteiger partial charge in [-0.05, 0) is 37.4 Å². The fourth-order valence-corrected chi connectivity index (χ4v) is 2.79. The van der Waals surface area contributed by atoms with E-state index in [0.717, 1.165) is 0 Å². The van der Waals surface area contributed by atoms with Crippen molar-refractivity contribution in [3.05, 3.63) is 47.2 Å². The van der Waals surface area contributed by atoms with Crippen molar-refractivity contribution < 1.29 is 12.8 Å². The topological polar surface area (TPSA) is 84.2 Å². The molecule has 0 aliphatic heterocycles. The first kappa shape index (κ1) is 15.6. The Labute approximate surface area is 127 Å².